The molecule has 0 saturated carbocycles. The highest BCUT2D eigenvalue weighted by atomic mass is 35.5. The molecule has 9 heteroatoms. The highest BCUT2D eigenvalue weighted by molar-refractivity contribution is 6.35. The van der Waals surface area contributed by atoms with Crippen molar-refractivity contribution < 1.29 is 27.6 Å². The van der Waals surface area contributed by atoms with Gasteiger partial charge in [0.25, 0.3) is 5.91 Å². The van der Waals surface area contributed by atoms with Gasteiger partial charge in [-0.1, -0.05) is 28.9 Å². The second kappa shape index (κ2) is 7.23. The second-order valence-corrected chi connectivity index (χ2v) is 5.51. The Hall–Kier alpha value is -2.06. The average Bonchev–Trinajstić information content (AvgIpc) is 2.88. The minimum Gasteiger partial charge on any atom is -0.396 e. The van der Waals surface area contributed by atoms with Gasteiger partial charge in [-0.3, -0.25) is 4.79 Å². The summed E-state index contributed by atoms with van der Waals surface area (Å²) in [5.41, 5.74) is -0.439. The van der Waals surface area contributed by atoms with Crippen LogP contribution in [-0.4, -0.2) is 28.8 Å². The largest absolute Gasteiger partial charge is 0.416 e. The number of hydrogen-bond donors (Lipinski definition) is 2. The maximum absolute atomic E-state index is 12.6. The van der Waals surface area contributed by atoms with E-state index in [1.807, 2.05) is 0 Å². The zero-order valence-corrected chi connectivity index (χ0v) is 13.3. The highest BCUT2D eigenvalue weighted by Gasteiger charge is 2.30. The first-order chi connectivity index (χ1) is 11.2. The van der Waals surface area contributed by atoms with E-state index in [0.29, 0.717) is 12.0 Å². The molecule has 0 radical (unpaired) electrons. The average molecular weight is 363 g/mol. The molecule has 0 aliphatic rings. The zero-order valence-electron chi connectivity index (χ0n) is 12.5. The second-order valence-electron chi connectivity index (χ2n) is 5.14. The summed E-state index contributed by atoms with van der Waals surface area (Å²) in [7, 11) is 0. The minimum atomic E-state index is -4.44. The van der Waals surface area contributed by atoms with Crippen molar-refractivity contribution in [2.75, 3.05) is 6.61 Å². The fourth-order valence-electron chi connectivity index (χ4n) is 1.97. The Kier molecular flexibility index (Phi) is 5.51. The fraction of sp³-hybridized carbons (Fsp3) is 0.333. The van der Waals surface area contributed by atoms with Gasteiger partial charge in [0.15, 0.2) is 0 Å². The van der Waals surface area contributed by atoms with Crippen LogP contribution in [0.2, 0.25) is 5.02 Å². The first-order valence-electron chi connectivity index (χ1n) is 6.98. The van der Waals surface area contributed by atoms with Gasteiger partial charge in [-0.15, -0.1) is 0 Å². The molecule has 1 aromatic carbocycles. The number of rotatable bonds is 5. The van der Waals surface area contributed by atoms with Crippen LogP contribution in [0.25, 0.3) is 11.3 Å². The van der Waals surface area contributed by atoms with E-state index < -0.39 is 17.6 Å². The van der Waals surface area contributed by atoms with Crippen molar-refractivity contribution in [3.63, 3.8) is 0 Å². The van der Waals surface area contributed by atoms with E-state index in [2.05, 4.69) is 10.5 Å². The van der Waals surface area contributed by atoms with E-state index in [9.17, 15) is 18.0 Å². The van der Waals surface area contributed by atoms with Crippen LogP contribution in [-0.2, 0) is 6.18 Å². The monoisotopic (exact) mass is 362 g/mol. The van der Waals surface area contributed by atoms with Gasteiger partial charge in [0.2, 0.25) is 5.76 Å². The molecule has 0 aliphatic heterocycles. The van der Waals surface area contributed by atoms with Crippen LogP contribution >= 0.6 is 11.6 Å². The molecule has 0 spiro atoms. The first-order valence-corrected chi connectivity index (χ1v) is 7.36. The third kappa shape index (κ3) is 4.07. The molecule has 0 fully saturated rings. The van der Waals surface area contributed by atoms with Gasteiger partial charge in [0.1, 0.15) is 10.7 Å². The van der Waals surface area contributed by atoms with Crippen LogP contribution in [0.5, 0.6) is 0 Å². The summed E-state index contributed by atoms with van der Waals surface area (Å²) in [6, 6.07) is 3.87. The van der Waals surface area contributed by atoms with Crippen LogP contribution in [0.1, 0.15) is 29.5 Å². The number of aromatic nitrogens is 1. The molecular formula is C15H14ClF3N2O3. The van der Waals surface area contributed by atoms with Crippen molar-refractivity contribution in [3.8, 4) is 11.3 Å². The Morgan fingerprint density at radius 2 is 2.00 bits per heavy atom. The summed E-state index contributed by atoms with van der Waals surface area (Å²) in [5, 5.41) is 14.9. The topological polar surface area (TPSA) is 75.4 Å². The first kappa shape index (κ1) is 18.3. The van der Waals surface area contributed by atoms with Crippen LogP contribution in [0.15, 0.2) is 28.8 Å². The molecule has 5 nitrogen and oxygen atoms in total. The number of carbonyl (C=O) groups excluding carboxylic acids is 1. The Morgan fingerprint density at radius 3 is 2.54 bits per heavy atom. The molecule has 130 valence electrons. The van der Waals surface area contributed by atoms with Gasteiger partial charge < -0.3 is 14.9 Å². The predicted molar refractivity (Wildman–Crippen MR) is 80.6 cm³/mol. The quantitative estimate of drug-likeness (QED) is 0.853. The number of aliphatic hydroxyl groups is 1. The van der Waals surface area contributed by atoms with Gasteiger partial charge in [0.05, 0.1) is 5.56 Å². The summed E-state index contributed by atoms with van der Waals surface area (Å²) < 4.78 is 42.6. The standard InChI is InChI=1S/C15H14ClF3N2O3/c1-8(6-7-22)20-14(23)13-11(16)12(21-24-13)9-2-4-10(5-3-9)15(17,18)19/h2-5,8,22H,6-7H2,1H3,(H,20,23)/t8-/m1/s1. The molecule has 0 unspecified atom stereocenters. The number of hydrogen-bond acceptors (Lipinski definition) is 4. The van der Waals surface area contributed by atoms with Crippen LogP contribution in [0.3, 0.4) is 0 Å². The van der Waals surface area contributed by atoms with Crippen LogP contribution in [0, 0.1) is 0 Å². The van der Waals surface area contributed by atoms with E-state index in [4.69, 9.17) is 21.2 Å². The fourth-order valence-corrected chi connectivity index (χ4v) is 2.24. The van der Waals surface area contributed by atoms with Crippen molar-refractivity contribution in [3.05, 3.63) is 40.6 Å². The van der Waals surface area contributed by atoms with E-state index in [1.165, 1.54) is 12.1 Å². The van der Waals surface area contributed by atoms with Gasteiger partial charge >= 0.3 is 6.18 Å². The van der Waals surface area contributed by atoms with E-state index in [0.717, 1.165) is 12.1 Å². The third-order valence-electron chi connectivity index (χ3n) is 3.27. The van der Waals surface area contributed by atoms with E-state index in [-0.39, 0.29) is 29.1 Å². The molecule has 1 amide bonds. The van der Waals surface area contributed by atoms with Crippen molar-refractivity contribution in [1.29, 1.82) is 0 Å². The number of aliphatic hydroxyl groups excluding tert-OH is 1. The lowest BCUT2D eigenvalue weighted by atomic mass is 10.1. The van der Waals surface area contributed by atoms with Crippen LogP contribution < -0.4 is 5.32 Å². The van der Waals surface area contributed by atoms with Gasteiger partial charge in [-0.2, -0.15) is 13.2 Å². The lowest BCUT2D eigenvalue weighted by Crippen LogP contribution is -2.33. The number of amides is 1. The highest BCUT2D eigenvalue weighted by Crippen LogP contribution is 2.33. The maximum Gasteiger partial charge on any atom is 0.416 e. The maximum atomic E-state index is 12.6. The smallest absolute Gasteiger partial charge is 0.396 e. The van der Waals surface area contributed by atoms with Crippen molar-refractivity contribution in [1.82, 2.24) is 10.5 Å². The molecule has 2 N–H and O–H groups in total. The van der Waals surface area contributed by atoms with Crippen molar-refractivity contribution in [2.24, 2.45) is 0 Å². The third-order valence-corrected chi connectivity index (χ3v) is 3.62. The van der Waals surface area contributed by atoms with Gasteiger partial charge in [0, 0.05) is 18.2 Å². The number of carbonyl (C=O) groups is 1. The normalized spacial score (nSPS) is 12.9. The molecular weight excluding hydrogens is 349 g/mol. The number of alkyl halides is 3. The Balaban J connectivity index is 2.22. The number of nitrogens with one attached hydrogen (secondary N) is 1. The SMILES string of the molecule is C[C@H](CCO)NC(=O)c1onc(-c2ccc(C(F)(F)F)cc2)c1Cl. The Labute approximate surface area is 140 Å². The number of halogens is 4. The summed E-state index contributed by atoms with van der Waals surface area (Å²) in [6.07, 6.45) is -4.09. The van der Waals surface area contributed by atoms with E-state index >= 15 is 0 Å². The molecule has 2 aromatic rings. The molecule has 2 rings (SSSR count). The minimum absolute atomic E-state index is 0.0744. The summed E-state index contributed by atoms with van der Waals surface area (Å²) in [4.78, 5) is 12.0. The summed E-state index contributed by atoms with van der Waals surface area (Å²) in [6.45, 7) is 1.59. The van der Waals surface area contributed by atoms with Gasteiger partial charge in [-0.25, -0.2) is 0 Å². The molecule has 24 heavy (non-hydrogen) atoms. The van der Waals surface area contributed by atoms with Crippen LogP contribution in [0.4, 0.5) is 13.2 Å². The summed E-state index contributed by atoms with van der Waals surface area (Å²) >= 11 is 6.06. The zero-order chi connectivity index (χ0) is 17.9. The van der Waals surface area contributed by atoms with Crippen molar-refractivity contribution >= 4 is 17.5 Å². The molecule has 1 atom stereocenters. The molecule has 1 heterocycles. The molecule has 0 aliphatic carbocycles. The number of benzene rings is 1. The van der Waals surface area contributed by atoms with Gasteiger partial charge in [-0.05, 0) is 25.5 Å². The Bertz CT molecular complexity index is 714. The molecule has 1 aromatic heterocycles. The predicted octanol–water partition coefficient (Wildman–Crippen LogP) is 3.51. The lowest BCUT2D eigenvalue weighted by molar-refractivity contribution is -0.137. The summed E-state index contributed by atoms with van der Waals surface area (Å²) in [5.74, 6) is -0.858. The Morgan fingerprint density at radius 1 is 1.38 bits per heavy atom. The van der Waals surface area contributed by atoms with Crippen molar-refractivity contribution in [2.45, 2.75) is 25.6 Å². The molecule has 0 bridgehead atoms. The lowest BCUT2D eigenvalue weighted by Gasteiger charge is -2.10. The molecule has 0 saturated heterocycles. The number of nitrogens with zero attached hydrogens (tertiary/aromatic N) is 1. The van der Waals surface area contributed by atoms with E-state index in [1.54, 1.807) is 6.92 Å².